The van der Waals surface area contributed by atoms with E-state index < -0.39 is 12.1 Å². The van der Waals surface area contributed by atoms with Gasteiger partial charge in [-0.3, -0.25) is 4.79 Å². The lowest BCUT2D eigenvalue weighted by atomic mass is 10.1. The Balaban J connectivity index is 2.15. The lowest BCUT2D eigenvalue weighted by Gasteiger charge is -2.19. The number of methoxy groups -OCH3 is 1. The van der Waals surface area contributed by atoms with Crippen molar-refractivity contribution in [3.63, 3.8) is 0 Å². The second-order valence-corrected chi connectivity index (χ2v) is 10.4. The predicted molar refractivity (Wildman–Crippen MR) is 151 cm³/mol. The Kier molecular flexibility index (Phi) is 9.71. The third-order valence-corrected chi connectivity index (χ3v) is 8.12. The summed E-state index contributed by atoms with van der Waals surface area (Å²) in [4.78, 5) is 30.0. The van der Waals surface area contributed by atoms with Crippen LogP contribution in [0.15, 0.2) is 47.6 Å². The highest BCUT2D eigenvalue weighted by Gasteiger charge is 2.23. The van der Waals surface area contributed by atoms with Crippen LogP contribution in [0.3, 0.4) is 0 Å². The van der Waals surface area contributed by atoms with Gasteiger partial charge < -0.3 is 14.2 Å². The van der Waals surface area contributed by atoms with Crippen molar-refractivity contribution < 1.29 is 19.0 Å². The molecule has 0 radical (unpaired) electrons. The van der Waals surface area contributed by atoms with E-state index in [4.69, 9.17) is 19.2 Å². The maximum Gasteiger partial charge on any atom is 0.346 e. The molecule has 0 aliphatic heterocycles. The molecule has 0 spiro atoms. The number of rotatable bonds is 9. The minimum Gasteiger partial charge on any atom is -0.490 e. The van der Waals surface area contributed by atoms with Crippen molar-refractivity contribution in [3.05, 3.63) is 59.4 Å². The van der Waals surface area contributed by atoms with Gasteiger partial charge in [0.25, 0.3) is 5.56 Å². The van der Waals surface area contributed by atoms with Crippen LogP contribution >= 0.6 is 47.8 Å². The fourth-order valence-corrected chi connectivity index (χ4v) is 4.64. The summed E-state index contributed by atoms with van der Waals surface area (Å²) in [6, 6.07) is 7.14. The summed E-state index contributed by atoms with van der Waals surface area (Å²) in [7, 11) is 1.30. The fraction of sp³-hybridized carbons (Fsp3) is 0.360. The highest BCUT2D eigenvalue weighted by molar-refractivity contribution is 9.13. The molecular weight excluding hydrogens is 662 g/mol. The number of nitrogens with zero attached hydrogens (tertiary/aromatic N) is 3. The second-order valence-electron chi connectivity index (χ2n) is 7.94. The number of hydrogen-bond donors (Lipinski definition) is 0. The first-order chi connectivity index (χ1) is 17.1. The van der Waals surface area contributed by atoms with Gasteiger partial charge in [0, 0.05) is 20.4 Å². The highest BCUT2D eigenvalue weighted by atomic mass is 79.9. The van der Waals surface area contributed by atoms with Gasteiger partial charge in [-0.2, -0.15) is 9.78 Å². The molecule has 0 saturated heterocycles. The van der Waals surface area contributed by atoms with E-state index >= 15 is 0 Å². The van der Waals surface area contributed by atoms with Crippen LogP contribution in [0, 0.1) is 0 Å². The van der Waals surface area contributed by atoms with Crippen LogP contribution in [0.5, 0.6) is 11.5 Å². The van der Waals surface area contributed by atoms with Crippen molar-refractivity contribution >= 4 is 70.9 Å². The predicted octanol–water partition coefficient (Wildman–Crippen LogP) is 6.42. The quantitative estimate of drug-likeness (QED) is 0.191. The topological polar surface area (TPSA) is 92.0 Å². The van der Waals surface area contributed by atoms with Crippen LogP contribution in [-0.4, -0.2) is 41.7 Å². The Morgan fingerprint density at radius 3 is 2.53 bits per heavy atom. The zero-order valence-electron chi connectivity index (χ0n) is 20.5. The lowest BCUT2D eigenvalue weighted by Crippen LogP contribution is -2.25. The average Bonchev–Trinajstić information content (AvgIpc) is 2.87. The van der Waals surface area contributed by atoms with E-state index in [1.807, 2.05) is 32.9 Å². The number of esters is 1. The van der Waals surface area contributed by atoms with Crippen molar-refractivity contribution in [2.75, 3.05) is 13.7 Å². The van der Waals surface area contributed by atoms with Gasteiger partial charge in [0.2, 0.25) is 0 Å². The summed E-state index contributed by atoms with van der Waals surface area (Å²) in [5.74, 6) is 0.806. The van der Waals surface area contributed by atoms with Gasteiger partial charge in [0.15, 0.2) is 17.6 Å². The Labute approximate surface area is 234 Å². The minimum atomic E-state index is -0.850. The molecule has 0 fully saturated rings. The van der Waals surface area contributed by atoms with Crippen LogP contribution < -0.4 is 15.0 Å². The Morgan fingerprint density at radius 1 is 1.17 bits per heavy atom. The van der Waals surface area contributed by atoms with Gasteiger partial charge in [-0.25, -0.2) is 9.78 Å². The third-order valence-electron chi connectivity index (χ3n) is 5.48. The van der Waals surface area contributed by atoms with Crippen molar-refractivity contribution in [2.24, 2.45) is 5.10 Å². The van der Waals surface area contributed by atoms with E-state index in [-0.39, 0.29) is 11.5 Å². The zero-order valence-corrected chi connectivity index (χ0v) is 25.2. The molecule has 192 valence electrons. The van der Waals surface area contributed by atoms with Crippen LogP contribution in [0.1, 0.15) is 51.4 Å². The summed E-state index contributed by atoms with van der Waals surface area (Å²) in [6.07, 6.45) is 1.50. The second kappa shape index (κ2) is 12.3. The number of fused-ring (bicyclic) bond motifs is 1. The summed E-state index contributed by atoms with van der Waals surface area (Å²) >= 11 is 10.5. The highest BCUT2D eigenvalue weighted by Crippen LogP contribution is 2.43. The molecule has 1 heterocycles. The number of ether oxygens (including phenoxy) is 3. The van der Waals surface area contributed by atoms with Crippen molar-refractivity contribution in [1.29, 1.82) is 0 Å². The largest absolute Gasteiger partial charge is 0.490 e. The van der Waals surface area contributed by atoms with Crippen molar-refractivity contribution in [3.8, 4) is 11.5 Å². The van der Waals surface area contributed by atoms with E-state index in [0.717, 1.165) is 10.9 Å². The molecule has 0 aliphatic rings. The molecule has 0 aliphatic carbocycles. The van der Waals surface area contributed by atoms with Crippen LogP contribution in [-0.2, 0) is 9.53 Å². The molecule has 2 aromatic carbocycles. The van der Waals surface area contributed by atoms with E-state index in [9.17, 15) is 9.59 Å². The molecule has 0 N–H and O–H groups in total. The van der Waals surface area contributed by atoms with Gasteiger partial charge in [0.05, 0.1) is 35.3 Å². The molecule has 0 unspecified atom stereocenters. The summed E-state index contributed by atoms with van der Waals surface area (Å²) in [5, 5.41) is 5.00. The molecule has 1 aromatic heterocycles. The van der Waals surface area contributed by atoms with Gasteiger partial charge in [-0.1, -0.05) is 29.8 Å². The number of aromatic nitrogens is 2. The molecule has 2 atom stereocenters. The molecule has 0 saturated carbocycles. The number of carbonyl (C=O) groups excluding carboxylic acids is 1. The normalized spacial score (nSPS) is 13.1. The molecule has 0 amide bonds. The Hall–Kier alpha value is -2.24. The van der Waals surface area contributed by atoms with Gasteiger partial charge in [-0.15, -0.1) is 0 Å². The van der Waals surface area contributed by atoms with E-state index in [1.54, 1.807) is 25.3 Å². The van der Waals surface area contributed by atoms with E-state index in [0.29, 0.717) is 49.3 Å². The van der Waals surface area contributed by atoms with Crippen LogP contribution in [0.4, 0.5) is 0 Å². The number of benzene rings is 2. The van der Waals surface area contributed by atoms with E-state index in [1.165, 1.54) is 11.8 Å². The summed E-state index contributed by atoms with van der Waals surface area (Å²) in [5.41, 5.74) is 0.980. The summed E-state index contributed by atoms with van der Waals surface area (Å²) in [6.45, 7) is 7.84. The van der Waals surface area contributed by atoms with Gasteiger partial charge in [0.1, 0.15) is 5.82 Å². The Morgan fingerprint density at radius 2 is 1.89 bits per heavy atom. The molecule has 3 rings (SSSR count). The first-order valence-electron chi connectivity index (χ1n) is 11.3. The molecule has 8 nitrogen and oxygen atoms in total. The Bertz CT molecular complexity index is 1370. The van der Waals surface area contributed by atoms with E-state index in [2.05, 4.69) is 52.9 Å². The lowest BCUT2D eigenvalue weighted by molar-refractivity contribution is -0.148. The monoisotopic (exact) mass is 685 g/mol. The minimum absolute atomic E-state index is 0.00708. The van der Waals surface area contributed by atoms with Gasteiger partial charge in [-0.05, 0) is 76.4 Å². The zero-order chi connectivity index (χ0) is 26.6. The maximum absolute atomic E-state index is 13.4. The fourth-order valence-electron chi connectivity index (χ4n) is 3.36. The molecule has 3 aromatic rings. The number of carbonyl (C=O) groups is 1. The standard InChI is InChI=1S/C25H26Br3N3O5/c1-6-13(3)23-30-18-9-8-16(26)11-17(18)24(32)31(23)29-12-15-10-19(35-7-2)22(21(28)20(15)27)36-14(4)25(33)34-5/h8-14H,6-7H2,1-5H3/t13-,14+/m0/s1. The van der Waals surface area contributed by atoms with Crippen molar-refractivity contribution in [1.82, 2.24) is 9.66 Å². The molecule has 11 heteroatoms. The maximum atomic E-state index is 13.4. The van der Waals surface area contributed by atoms with Gasteiger partial charge >= 0.3 is 5.97 Å². The molecule has 36 heavy (non-hydrogen) atoms. The number of halogens is 3. The summed E-state index contributed by atoms with van der Waals surface area (Å²) < 4.78 is 19.6. The third kappa shape index (κ3) is 6.00. The average molecular weight is 688 g/mol. The smallest absolute Gasteiger partial charge is 0.346 e. The SMILES string of the molecule is CCOc1cc(C=Nn2c([C@@H](C)CC)nc3ccc(Br)cc3c2=O)c(Br)c(Br)c1O[C@H](C)C(=O)OC. The van der Waals surface area contributed by atoms with Crippen LogP contribution in [0.25, 0.3) is 10.9 Å². The first-order valence-corrected chi connectivity index (χ1v) is 13.7. The first kappa shape index (κ1) is 28.3. The molecule has 0 bridgehead atoms. The van der Waals surface area contributed by atoms with Crippen LogP contribution in [0.2, 0.25) is 0 Å². The molecular formula is C25H26Br3N3O5. The van der Waals surface area contributed by atoms with Crippen molar-refractivity contribution in [2.45, 2.75) is 46.1 Å². The number of hydrogen-bond acceptors (Lipinski definition) is 7.